The molecule has 1 unspecified atom stereocenters. The summed E-state index contributed by atoms with van der Waals surface area (Å²) in [4.78, 5) is 10.2. The van der Waals surface area contributed by atoms with Gasteiger partial charge in [-0.1, -0.05) is 140 Å². The molecule has 57 heavy (non-hydrogen) atoms. The summed E-state index contributed by atoms with van der Waals surface area (Å²) in [6.45, 7) is 2.25. The van der Waals surface area contributed by atoms with Gasteiger partial charge in [0.1, 0.15) is 0 Å². The van der Waals surface area contributed by atoms with E-state index in [0.29, 0.717) is 5.92 Å². The van der Waals surface area contributed by atoms with E-state index in [-0.39, 0.29) is 0 Å². The van der Waals surface area contributed by atoms with E-state index in [1.54, 1.807) is 0 Å². The van der Waals surface area contributed by atoms with E-state index in [0.717, 1.165) is 46.0 Å². The van der Waals surface area contributed by atoms with E-state index >= 15 is 0 Å². The highest BCUT2D eigenvalue weighted by molar-refractivity contribution is 6.12. The van der Waals surface area contributed by atoms with Gasteiger partial charge in [0.05, 0.1) is 33.5 Å². The lowest BCUT2D eigenvalue weighted by molar-refractivity contribution is 0.738. The van der Waals surface area contributed by atoms with E-state index in [4.69, 9.17) is 9.97 Å². The largest absolute Gasteiger partial charge is 0.309 e. The molecule has 0 bridgehead atoms. The molecule has 4 heteroatoms. The van der Waals surface area contributed by atoms with Gasteiger partial charge in [-0.05, 0) is 89.7 Å². The monoisotopic (exact) mass is 730 g/mol. The maximum atomic E-state index is 5.11. The van der Waals surface area contributed by atoms with Crippen molar-refractivity contribution in [2.45, 2.75) is 13.3 Å². The van der Waals surface area contributed by atoms with Gasteiger partial charge in [0, 0.05) is 44.0 Å². The van der Waals surface area contributed by atoms with Gasteiger partial charge in [0.2, 0.25) is 0 Å². The summed E-state index contributed by atoms with van der Waals surface area (Å²) in [7, 11) is 0. The Kier molecular flexibility index (Phi) is 7.82. The van der Waals surface area contributed by atoms with Gasteiger partial charge in [0.25, 0.3) is 0 Å². The van der Waals surface area contributed by atoms with Crippen LogP contribution in [-0.4, -0.2) is 19.1 Å². The molecule has 0 saturated carbocycles. The van der Waals surface area contributed by atoms with Crippen LogP contribution in [-0.2, 0) is 0 Å². The molecule has 270 valence electrons. The average molecular weight is 731 g/mol. The fourth-order valence-corrected chi connectivity index (χ4v) is 8.59. The van der Waals surface area contributed by atoms with Gasteiger partial charge in [-0.25, -0.2) is 9.97 Å². The maximum Gasteiger partial charge on any atom is 0.160 e. The van der Waals surface area contributed by atoms with Crippen LogP contribution in [0.3, 0.4) is 0 Å². The predicted octanol–water partition coefficient (Wildman–Crippen LogP) is 13.7. The summed E-state index contributed by atoms with van der Waals surface area (Å²) in [6.07, 6.45) is 7.78. The smallest absolute Gasteiger partial charge is 0.160 e. The van der Waals surface area contributed by atoms with Gasteiger partial charge < -0.3 is 9.13 Å². The highest BCUT2D eigenvalue weighted by Gasteiger charge is 2.17. The summed E-state index contributed by atoms with van der Waals surface area (Å²) >= 11 is 0. The van der Waals surface area contributed by atoms with Crippen LogP contribution >= 0.6 is 0 Å². The molecule has 4 nitrogen and oxygen atoms in total. The van der Waals surface area contributed by atoms with Crippen LogP contribution in [0, 0.1) is 5.92 Å². The second-order valence-corrected chi connectivity index (χ2v) is 15.1. The molecule has 0 fully saturated rings. The van der Waals surface area contributed by atoms with Crippen LogP contribution in [0.25, 0.3) is 94.3 Å². The zero-order chi connectivity index (χ0) is 37.9. The lowest BCUT2D eigenvalue weighted by Crippen LogP contribution is -2.00. The molecule has 10 aromatic rings. The van der Waals surface area contributed by atoms with Crippen molar-refractivity contribution in [3.05, 3.63) is 200 Å². The fourth-order valence-electron chi connectivity index (χ4n) is 8.59. The number of hydrogen-bond acceptors (Lipinski definition) is 2. The number of para-hydroxylation sites is 3. The Morgan fingerprint density at radius 1 is 0.439 bits per heavy atom. The van der Waals surface area contributed by atoms with Gasteiger partial charge in [-0.3, -0.25) is 0 Å². The highest BCUT2D eigenvalue weighted by Crippen LogP contribution is 2.39. The van der Waals surface area contributed by atoms with Crippen molar-refractivity contribution >= 4 is 49.2 Å². The predicted molar refractivity (Wildman–Crippen MR) is 238 cm³/mol. The molecule has 0 N–H and O–H groups in total. The molecule has 1 aliphatic carbocycles. The molecule has 0 radical (unpaired) electrons. The first kappa shape index (κ1) is 33.1. The van der Waals surface area contributed by atoms with Crippen LogP contribution in [0.4, 0.5) is 0 Å². The summed E-state index contributed by atoms with van der Waals surface area (Å²) in [6, 6.07) is 63.2. The van der Waals surface area contributed by atoms with Crippen molar-refractivity contribution < 1.29 is 0 Å². The van der Waals surface area contributed by atoms with E-state index in [9.17, 15) is 0 Å². The first-order valence-electron chi connectivity index (χ1n) is 19.7. The standard InChI is InChI=1S/C53H38N4/c1-35-20-22-36(23-21-35)47-34-48(55-53(54-47)38-12-4-2-5-13-38)37-24-28-42(29-25-37)57-49-18-10-8-16-43(49)45-30-26-40(33-52(45)57)39-27-31-51-46(32-39)44-17-9-11-19-50(44)56(51)41-14-6-3-7-15-41/h2-20,22-35H,21H2,1H3. The maximum absolute atomic E-state index is 5.11. The second-order valence-electron chi connectivity index (χ2n) is 15.1. The van der Waals surface area contributed by atoms with Crippen LogP contribution in [0.1, 0.15) is 19.0 Å². The number of benzene rings is 7. The zero-order valence-corrected chi connectivity index (χ0v) is 31.5. The van der Waals surface area contributed by atoms with E-state index in [1.165, 1.54) is 60.4 Å². The Bertz CT molecular complexity index is 3200. The topological polar surface area (TPSA) is 35.6 Å². The highest BCUT2D eigenvalue weighted by atomic mass is 15.0. The summed E-state index contributed by atoms with van der Waals surface area (Å²) in [5.74, 6) is 1.27. The molecular formula is C53H38N4. The van der Waals surface area contributed by atoms with Crippen molar-refractivity contribution in [2.75, 3.05) is 0 Å². The fraction of sp³-hybridized carbons (Fsp3) is 0.0566. The molecule has 11 rings (SSSR count). The third kappa shape index (κ3) is 5.68. The Hall–Kier alpha value is -7.30. The molecule has 1 atom stereocenters. The minimum absolute atomic E-state index is 0.532. The Labute approximate surface area is 331 Å². The van der Waals surface area contributed by atoms with E-state index < -0.39 is 0 Å². The minimum Gasteiger partial charge on any atom is -0.309 e. The number of nitrogens with zero attached hydrogens (tertiary/aromatic N) is 4. The van der Waals surface area contributed by atoms with Crippen molar-refractivity contribution in [3.8, 4) is 45.1 Å². The molecular weight excluding hydrogens is 693 g/mol. The van der Waals surface area contributed by atoms with Crippen molar-refractivity contribution in [1.82, 2.24) is 19.1 Å². The first-order chi connectivity index (χ1) is 28.2. The summed E-state index contributed by atoms with van der Waals surface area (Å²) in [5, 5.41) is 4.97. The zero-order valence-electron chi connectivity index (χ0n) is 31.5. The van der Waals surface area contributed by atoms with Crippen molar-refractivity contribution in [3.63, 3.8) is 0 Å². The van der Waals surface area contributed by atoms with Gasteiger partial charge in [0.15, 0.2) is 5.82 Å². The summed E-state index contributed by atoms with van der Waals surface area (Å²) in [5.41, 5.74) is 14.5. The number of allylic oxidation sites excluding steroid dienone is 4. The van der Waals surface area contributed by atoms with Crippen LogP contribution in [0.15, 0.2) is 194 Å². The van der Waals surface area contributed by atoms with Crippen molar-refractivity contribution in [2.24, 2.45) is 5.92 Å². The number of hydrogen-bond donors (Lipinski definition) is 0. The van der Waals surface area contributed by atoms with Gasteiger partial charge in [-0.15, -0.1) is 0 Å². The lowest BCUT2D eigenvalue weighted by Gasteiger charge is -2.14. The SMILES string of the molecule is CC1C=CC(c2cc(-c3ccc(-n4c5ccccc5c5ccc(-c6ccc7c(c6)c6ccccc6n7-c6ccccc6)cc54)cc3)nc(-c3ccccc3)n2)=CC1. The van der Waals surface area contributed by atoms with E-state index in [2.05, 4.69) is 192 Å². The van der Waals surface area contributed by atoms with Crippen LogP contribution in [0.5, 0.6) is 0 Å². The molecule has 7 aromatic carbocycles. The Morgan fingerprint density at radius 2 is 1.00 bits per heavy atom. The molecule has 0 saturated heterocycles. The van der Waals surface area contributed by atoms with Crippen molar-refractivity contribution in [1.29, 1.82) is 0 Å². The Morgan fingerprint density at radius 3 is 1.74 bits per heavy atom. The summed E-state index contributed by atoms with van der Waals surface area (Å²) < 4.78 is 4.77. The molecule has 3 aromatic heterocycles. The normalized spacial score (nSPS) is 14.2. The molecule has 0 amide bonds. The third-order valence-electron chi connectivity index (χ3n) is 11.5. The molecule has 0 spiro atoms. The quantitative estimate of drug-likeness (QED) is 0.171. The van der Waals surface area contributed by atoms with Gasteiger partial charge in [-0.2, -0.15) is 0 Å². The minimum atomic E-state index is 0.532. The second kappa shape index (κ2) is 13.5. The molecule has 3 heterocycles. The number of rotatable bonds is 6. The van der Waals surface area contributed by atoms with Crippen LogP contribution < -0.4 is 0 Å². The lowest BCUT2D eigenvalue weighted by atomic mass is 9.96. The van der Waals surface area contributed by atoms with E-state index in [1.807, 2.05) is 18.2 Å². The average Bonchev–Trinajstić information content (AvgIpc) is 3.79. The molecule has 1 aliphatic rings. The molecule has 0 aliphatic heterocycles. The first-order valence-corrected chi connectivity index (χ1v) is 19.7. The third-order valence-corrected chi connectivity index (χ3v) is 11.5. The Balaban J connectivity index is 1.03. The van der Waals surface area contributed by atoms with Crippen LogP contribution in [0.2, 0.25) is 0 Å². The van der Waals surface area contributed by atoms with Gasteiger partial charge >= 0.3 is 0 Å². The number of aromatic nitrogens is 4. The number of fused-ring (bicyclic) bond motifs is 6.